The van der Waals surface area contributed by atoms with Gasteiger partial charge in [0.05, 0.1) is 11.4 Å². The summed E-state index contributed by atoms with van der Waals surface area (Å²) in [5.41, 5.74) is 9.04. The number of hydrogen-bond acceptors (Lipinski definition) is 2. The Hall–Kier alpha value is -1.18. The number of rotatable bonds is 3. The van der Waals surface area contributed by atoms with Crippen LogP contribution in [0.3, 0.4) is 0 Å². The van der Waals surface area contributed by atoms with Crippen LogP contribution >= 0.6 is 0 Å². The van der Waals surface area contributed by atoms with Crippen molar-refractivity contribution in [2.24, 2.45) is 0 Å². The molecule has 72 valence electrons. The molecule has 1 rings (SSSR count). The Morgan fingerprint density at radius 3 is 2.54 bits per heavy atom. The summed E-state index contributed by atoms with van der Waals surface area (Å²) in [5, 5.41) is 3.30. The molecule has 2 heteroatoms. The van der Waals surface area contributed by atoms with Crippen molar-refractivity contribution < 1.29 is 0 Å². The molecule has 0 spiro atoms. The standard InChI is InChI=1S/C11H18N2/c1-4-9-5-6-11(10(12)7-9)13-8(2)3/h5-8,13H,4,12H2,1-3H3. The molecular weight excluding hydrogens is 160 g/mol. The SMILES string of the molecule is CCc1ccc(NC(C)C)c(N)c1. The first-order valence-electron chi connectivity index (χ1n) is 4.78. The molecule has 0 aromatic heterocycles. The molecule has 0 saturated carbocycles. The van der Waals surface area contributed by atoms with Gasteiger partial charge in [-0.2, -0.15) is 0 Å². The molecule has 0 fully saturated rings. The summed E-state index contributed by atoms with van der Waals surface area (Å²) in [4.78, 5) is 0. The van der Waals surface area contributed by atoms with Gasteiger partial charge in [-0.15, -0.1) is 0 Å². The summed E-state index contributed by atoms with van der Waals surface area (Å²) in [5.74, 6) is 0. The van der Waals surface area contributed by atoms with Crippen LogP contribution in [-0.4, -0.2) is 6.04 Å². The normalized spacial score (nSPS) is 10.5. The molecule has 1 aromatic rings. The largest absolute Gasteiger partial charge is 0.397 e. The molecule has 0 aliphatic heterocycles. The summed E-state index contributed by atoms with van der Waals surface area (Å²) in [6.07, 6.45) is 1.03. The van der Waals surface area contributed by atoms with Gasteiger partial charge in [-0.25, -0.2) is 0 Å². The molecular formula is C11H18N2. The van der Waals surface area contributed by atoms with Crippen molar-refractivity contribution in [1.29, 1.82) is 0 Å². The molecule has 13 heavy (non-hydrogen) atoms. The number of nitrogens with two attached hydrogens (primary N) is 1. The third kappa shape index (κ3) is 2.65. The van der Waals surface area contributed by atoms with Crippen molar-refractivity contribution in [2.75, 3.05) is 11.1 Å². The molecule has 0 saturated heterocycles. The zero-order valence-corrected chi connectivity index (χ0v) is 8.59. The minimum atomic E-state index is 0.426. The van der Waals surface area contributed by atoms with Crippen molar-refractivity contribution in [3.63, 3.8) is 0 Å². The molecule has 0 unspecified atom stereocenters. The van der Waals surface area contributed by atoms with Crippen LogP contribution in [0.15, 0.2) is 18.2 Å². The van der Waals surface area contributed by atoms with Crippen LogP contribution in [0.2, 0.25) is 0 Å². The van der Waals surface area contributed by atoms with Gasteiger partial charge in [0.2, 0.25) is 0 Å². The molecule has 0 aliphatic rings. The van der Waals surface area contributed by atoms with E-state index >= 15 is 0 Å². The minimum absolute atomic E-state index is 0.426. The summed E-state index contributed by atoms with van der Waals surface area (Å²) in [6, 6.07) is 6.62. The van der Waals surface area contributed by atoms with Crippen LogP contribution in [0.1, 0.15) is 26.3 Å². The number of aryl methyl sites for hydroxylation is 1. The van der Waals surface area contributed by atoms with Gasteiger partial charge < -0.3 is 11.1 Å². The molecule has 0 atom stereocenters. The Labute approximate surface area is 80.1 Å². The first-order valence-corrected chi connectivity index (χ1v) is 4.78. The Morgan fingerprint density at radius 2 is 2.08 bits per heavy atom. The molecule has 0 aliphatic carbocycles. The lowest BCUT2D eigenvalue weighted by atomic mass is 10.1. The highest BCUT2D eigenvalue weighted by atomic mass is 14.9. The molecule has 3 N–H and O–H groups in total. The van der Waals surface area contributed by atoms with Gasteiger partial charge in [-0.1, -0.05) is 13.0 Å². The Kier molecular flexibility index (Phi) is 3.18. The van der Waals surface area contributed by atoms with Gasteiger partial charge in [-0.3, -0.25) is 0 Å². The fourth-order valence-electron chi connectivity index (χ4n) is 1.27. The molecule has 0 bridgehead atoms. The van der Waals surface area contributed by atoms with E-state index in [1.807, 2.05) is 12.1 Å². The fourth-order valence-corrected chi connectivity index (χ4v) is 1.27. The van der Waals surface area contributed by atoms with Crippen molar-refractivity contribution in [2.45, 2.75) is 33.2 Å². The van der Waals surface area contributed by atoms with Gasteiger partial charge in [0.25, 0.3) is 0 Å². The van der Waals surface area contributed by atoms with E-state index in [1.165, 1.54) is 5.56 Å². The van der Waals surface area contributed by atoms with Crippen LogP contribution in [0.5, 0.6) is 0 Å². The van der Waals surface area contributed by atoms with Crippen LogP contribution in [0.25, 0.3) is 0 Å². The summed E-state index contributed by atoms with van der Waals surface area (Å²) >= 11 is 0. The molecule has 2 nitrogen and oxygen atoms in total. The van der Waals surface area contributed by atoms with E-state index < -0.39 is 0 Å². The number of benzene rings is 1. The number of nitrogen functional groups attached to an aromatic ring is 1. The van der Waals surface area contributed by atoms with Crippen LogP contribution < -0.4 is 11.1 Å². The lowest BCUT2D eigenvalue weighted by Gasteiger charge is -2.13. The molecule has 0 heterocycles. The predicted molar refractivity (Wildman–Crippen MR) is 59.0 cm³/mol. The van der Waals surface area contributed by atoms with E-state index in [0.717, 1.165) is 17.8 Å². The second-order valence-electron chi connectivity index (χ2n) is 3.57. The topological polar surface area (TPSA) is 38.0 Å². The maximum Gasteiger partial charge on any atom is 0.0576 e. The van der Waals surface area contributed by atoms with Crippen LogP contribution in [-0.2, 0) is 6.42 Å². The van der Waals surface area contributed by atoms with Gasteiger partial charge >= 0.3 is 0 Å². The smallest absolute Gasteiger partial charge is 0.0576 e. The molecule has 0 amide bonds. The van der Waals surface area contributed by atoms with Gasteiger partial charge in [0, 0.05) is 6.04 Å². The first-order chi connectivity index (χ1) is 6.13. The van der Waals surface area contributed by atoms with Crippen molar-refractivity contribution >= 4 is 11.4 Å². The summed E-state index contributed by atoms with van der Waals surface area (Å²) < 4.78 is 0. The first kappa shape index (κ1) is 9.90. The van der Waals surface area contributed by atoms with Gasteiger partial charge in [0.1, 0.15) is 0 Å². The Morgan fingerprint density at radius 1 is 1.38 bits per heavy atom. The minimum Gasteiger partial charge on any atom is -0.397 e. The monoisotopic (exact) mass is 178 g/mol. The van der Waals surface area contributed by atoms with E-state index in [-0.39, 0.29) is 0 Å². The van der Waals surface area contributed by atoms with Gasteiger partial charge in [0.15, 0.2) is 0 Å². The number of anilines is 2. The van der Waals surface area contributed by atoms with E-state index in [9.17, 15) is 0 Å². The number of hydrogen-bond donors (Lipinski definition) is 2. The Balaban J connectivity index is 2.85. The highest BCUT2D eigenvalue weighted by Crippen LogP contribution is 2.20. The summed E-state index contributed by atoms with van der Waals surface area (Å²) in [6.45, 7) is 6.34. The third-order valence-corrected chi connectivity index (χ3v) is 1.97. The van der Waals surface area contributed by atoms with Crippen molar-refractivity contribution in [3.8, 4) is 0 Å². The van der Waals surface area contributed by atoms with Gasteiger partial charge in [-0.05, 0) is 38.0 Å². The molecule has 1 aromatic carbocycles. The average molecular weight is 178 g/mol. The fraction of sp³-hybridized carbons (Fsp3) is 0.455. The average Bonchev–Trinajstić information content (AvgIpc) is 2.08. The predicted octanol–water partition coefficient (Wildman–Crippen LogP) is 2.65. The lowest BCUT2D eigenvalue weighted by molar-refractivity contribution is 0.900. The maximum absolute atomic E-state index is 5.88. The Bertz CT molecular complexity index is 279. The van der Waals surface area contributed by atoms with Crippen LogP contribution in [0.4, 0.5) is 11.4 Å². The lowest BCUT2D eigenvalue weighted by Crippen LogP contribution is -2.11. The zero-order chi connectivity index (χ0) is 9.84. The highest BCUT2D eigenvalue weighted by molar-refractivity contribution is 5.67. The van der Waals surface area contributed by atoms with Crippen molar-refractivity contribution in [1.82, 2.24) is 0 Å². The zero-order valence-electron chi connectivity index (χ0n) is 8.59. The number of nitrogens with one attached hydrogen (secondary N) is 1. The van der Waals surface area contributed by atoms with E-state index in [2.05, 4.69) is 32.2 Å². The second-order valence-corrected chi connectivity index (χ2v) is 3.57. The highest BCUT2D eigenvalue weighted by Gasteiger charge is 2.00. The maximum atomic E-state index is 5.88. The van der Waals surface area contributed by atoms with E-state index in [1.54, 1.807) is 0 Å². The third-order valence-electron chi connectivity index (χ3n) is 1.97. The van der Waals surface area contributed by atoms with Crippen molar-refractivity contribution in [3.05, 3.63) is 23.8 Å². The second kappa shape index (κ2) is 4.17. The summed E-state index contributed by atoms with van der Waals surface area (Å²) in [7, 11) is 0. The van der Waals surface area contributed by atoms with E-state index in [4.69, 9.17) is 5.73 Å². The molecule has 0 radical (unpaired) electrons. The van der Waals surface area contributed by atoms with Crippen LogP contribution in [0, 0.1) is 0 Å². The quantitative estimate of drug-likeness (QED) is 0.698. The van der Waals surface area contributed by atoms with E-state index in [0.29, 0.717) is 6.04 Å².